The second-order valence-corrected chi connectivity index (χ2v) is 10.2. The summed E-state index contributed by atoms with van der Waals surface area (Å²) >= 11 is 0. The van der Waals surface area contributed by atoms with Gasteiger partial charge < -0.3 is 4.42 Å². The molecule has 1 nitrogen and oxygen atoms in total. The molecule has 1 aliphatic rings. The Bertz CT molecular complexity index is 2130. The van der Waals surface area contributed by atoms with Crippen molar-refractivity contribution in [2.45, 2.75) is 0 Å². The van der Waals surface area contributed by atoms with E-state index in [1.165, 1.54) is 44.2 Å². The molecule has 1 heteroatoms. The molecule has 0 amide bonds. The Hall–Kier alpha value is -5.14. The normalized spacial score (nSPS) is 11.8. The standard InChI is InChI=1S/C38H24O/c1-3-23-9-7-12-27(26(23)4-2)24-15-19-36-34(21-24)35-22-25(16-20-37(35)39-36)28-17-18-33-30-11-6-5-10-29(30)32-14-8-13-31(28)38(32)33/h3-22H,1-2H2. The highest BCUT2D eigenvalue weighted by atomic mass is 16.3. The van der Waals surface area contributed by atoms with Gasteiger partial charge in [-0.05, 0) is 90.7 Å². The zero-order valence-electron chi connectivity index (χ0n) is 21.4. The van der Waals surface area contributed by atoms with Crippen molar-refractivity contribution in [3.05, 3.63) is 133 Å². The van der Waals surface area contributed by atoms with E-state index >= 15 is 0 Å². The molecule has 7 aromatic rings. The molecule has 0 spiro atoms. The molecule has 1 heterocycles. The van der Waals surface area contributed by atoms with Crippen molar-refractivity contribution >= 4 is 44.9 Å². The first-order chi connectivity index (χ1) is 19.2. The molecule has 39 heavy (non-hydrogen) atoms. The minimum atomic E-state index is 0.891. The van der Waals surface area contributed by atoms with Crippen molar-refractivity contribution in [3.8, 4) is 44.5 Å². The van der Waals surface area contributed by atoms with Crippen LogP contribution in [0.1, 0.15) is 11.1 Å². The average molecular weight is 497 g/mol. The Morgan fingerprint density at radius 2 is 1.05 bits per heavy atom. The summed E-state index contributed by atoms with van der Waals surface area (Å²) in [6.07, 6.45) is 3.80. The van der Waals surface area contributed by atoms with E-state index in [-0.39, 0.29) is 0 Å². The number of fused-ring (bicyclic) bond motifs is 6. The molecule has 0 aliphatic heterocycles. The fourth-order valence-corrected chi connectivity index (χ4v) is 6.41. The van der Waals surface area contributed by atoms with Crippen molar-refractivity contribution in [2.24, 2.45) is 0 Å². The molecule has 0 fully saturated rings. The van der Waals surface area contributed by atoms with E-state index in [1.807, 2.05) is 12.2 Å². The summed E-state index contributed by atoms with van der Waals surface area (Å²) in [5.41, 5.74) is 13.9. The number of hydrogen-bond acceptors (Lipinski definition) is 1. The molecule has 0 bridgehead atoms. The highest BCUT2D eigenvalue weighted by molar-refractivity contribution is 6.19. The van der Waals surface area contributed by atoms with E-state index < -0.39 is 0 Å². The Morgan fingerprint density at radius 3 is 1.74 bits per heavy atom. The van der Waals surface area contributed by atoms with Crippen LogP contribution in [0.25, 0.3) is 89.4 Å². The van der Waals surface area contributed by atoms with Gasteiger partial charge in [0, 0.05) is 10.8 Å². The van der Waals surface area contributed by atoms with Gasteiger partial charge in [0.1, 0.15) is 11.2 Å². The van der Waals surface area contributed by atoms with E-state index in [4.69, 9.17) is 4.42 Å². The summed E-state index contributed by atoms with van der Waals surface area (Å²) in [4.78, 5) is 0. The van der Waals surface area contributed by atoms with Crippen LogP contribution in [0.3, 0.4) is 0 Å². The second kappa shape index (κ2) is 8.18. The Labute approximate surface area is 227 Å². The van der Waals surface area contributed by atoms with E-state index in [0.29, 0.717) is 0 Å². The summed E-state index contributed by atoms with van der Waals surface area (Å²) < 4.78 is 6.28. The molecule has 0 saturated carbocycles. The molecule has 1 aliphatic carbocycles. The Kier molecular flexibility index (Phi) is 4.59. The van der Waals surface area contributed by atoms with Crippen LogP contribution < -0.4 is 0 Å². The topological polar surface area (TPSA) is 13.1 Å². The smallest absolute Gasteiger partial charge is 0.135 e. The molecule has 182 valence electrons. The maximum absolute atomic E-state index is 6.28. The highest BCUT2D eigenvalue weighted by Crippen LogP contribution is 2.49. The summed E-state index contributed by atoms with van der Waals surface area (Å²) in [6.45, 7) is 8.04. The number of furan rings is 1. The van der Waals surface area contributed by atoms with Crippen LogP contribution in [-0.4, -0.2) is 0 Å². The SMILES string of the molecule is C=Cc1cccc(-c2ccc3oc4ccc(-c5ccc6c7c(cccc57)-c5ccccc5-6)cc4c3c2)c1C=C. The molecule has 1 aromatic heterocycles. The number of rotatable bonds is 4. The van der Waals surface area contributed by atoms with Gasteiger partial charge in [0.2, 0.25) is 0 Å². The van der Waals surface area contributed by atoms with Crippen LogP contribution in [0.15, 0.2) is 127 Å². The second-order valence-electron chi connectivity index (χ2n) is 10.2. The van der Waals surface area contributed by atoms with Gasteiger partial charge in [0.25, 0.3) is 0 Å². The maximum atomic E-state index is 6.28. The number of benzene rings is 6. The molecule has 0 atom stereocenters. The fraction of sp³-hybridized carbons (Fsp3) is 0. The van der Waals surface area contributed by atoms with Crippen molar-refractivity contribution in [2.75, 3.05) is 0 Å². The lowest BCUT2D eigenvalue weighted by Crippen LogP contribution is -1.87. The van der Waals surface area contributed by atoms with Gasteiger partial charge >= 0.3 is 0 Å². The Balaban J connectivity index is 1.33. The van der Waals surface area contributed by atoms with E-state index in [2.05, 4.69) is 122 Å². The third-order valence-electron chi connectivity index (χ3n) is 8.20. The van der Waals surface area contributed by atoms with Crippen LogP contribution in [0, 0.1) is 0 Å². The van der Waals surface area contributed by atoms with E-state index in [1.54, 1.807) is 0 Å². The molecular formula is C38H24O. The molecular weight excluding hydrogens is 472 g/mol. The molecule has 0 N–H and O–H groups in total. The van der Waals surface area contributed by atoms with Crippen LogP contribution in [0.4, 0.5) is 0 Å². The molecule has 6 aromatic carbocycles. The minimum Gasteiger partial charge on any atom is -0.456 e. The Morgan fingerprint density at radius 1 is 0.462 bits per heavy atom. The van der Waals surface area contributed by atoms with Crippen molar-refractivity contribution in [3.63, 3.8) is 0 Å². The summed E-state index contributed by atoms with van der Waals surface area (Å²) in [7, 11) is 0. The zero-order valence-corrected chi connectivity index (χ0v) is 21.4. The summed E-state index contributed by atoms with van der Waals surface area (Å²) in [5.74, 6) is 0. The first-order valence-corrected chi connectivity index (χ1v) is 13.3. The lowest BCUT2D eigenvalue weighted by Gasteiger charge is -2.10. The first kappa shape index (κ1) is 21.9. The van der Waals surface area contributed by atoms with Gasteiger partial charge in [-0.15, -0.1) is 0 Å². The molecule has 0 unspecified atom stereocenters. The van der Waals surface area contributed by atoms with Gasteiger partial charge in [-0.3, -0.25) is 0 Å². The largest absolute Gasteiger partial charge is 0.456 e. The van der Waals surface area contributed by atoms with E-state index in [0.717, 1.165) is 44.2 Å². The van der Waals surface area contributed by atoms with Crippen molar-refractivity contribution in [1.82, 2.24) is 0 Å². The molecule has 8 rings (SSSR count). The molecule has 0 radical (unpaired) electrons. The van der Waals surface area contributed by atoms with Crippen LogP contribution in [0.2, 0.25) is 0 Å². The zero-order chi connectivity index (χ0) is 26.1. The van der Waals surface area contributed by atoms with E-state index in [9.17, 15) is 0 Å². The predicted octanol–water partition coefficient (Wildman–Crippen LogP) is 11.0. The quantitative estimate of drug-likeness (QED) is 0.236. The van der Waals surface area contributed by atoms with Gasteiger partial charge in [0.05, 0.1) is 0 Å². The van der Waals surface area contributed by atoms with Crippen LogP contribution >= 0.6 is 0 Å². The fourth-order valence-electron chi connectivity index (χ4n) is 6.41. The summed E-state index contributed by atoms with van der Waals surface area (Å²) in [5, 5.41) is 4.86. The third-order valence-corrected chi connectivity index (χ3v) is 8.20. The van der Waals surface area contributed by atoms with Gasteiger partial charge in [-0.1, -0.05) is 110 Å². The van der Waals surface area contributed by atoms with Gasteiger partial charge in [0.15, 0.2) is 0 Å². The molecule has 0 saturated heterocycles. The monoisotopic (exact) mass is 496 g/mol. The lowest BCUT2D eigenvalue weighted by molar-refractivity contribution is 0.669. The predicted molar refractivity (Wildman–Crippen MR) is 167 cm³/mol. The first-order valence-electron chi connectivity index (χ1n) is 13.3. The van der Waals surface area contributed by atoms with Crippen molar-refractivity contribution in [1.29, 1.82) is 0 Å². The van der Waals surface area contributed by atoms with Crippen molar-refractivity contribution < 1.29 is 4.42 Å². The van der Waals surface area contributed by atoms with Crippen LogP contribution in [-0.2, 0) is 0 Å². The summed E-state index contributed by atoms with van der Waals surface area (Å²) in [6, 6.07) is 39.3. The lowest BCUT2D eigenvalue weighted by atomic mass is 9.93. The number of hydrogen-bond donors (Lipinski definition) is 0. The van der Waals surface area contributed by atoms with Crippen LogP contribution in [0.5, 0.6) is 0 Å². The third kappa shape index (κ3) is 3.08. The maximum Gasteiger partial charge on any atom is 0.135 e. The average Bonchev–Trinajstić information content (AvgIpc) is 3.53. The minimum absolute atomic E-state index is 0.891. The van der Waals surface area contributed by atoms with Gasteiger partial charge in [-0.2, -0.15) is 0 Å². The van der Waals surface area contributed by atoms with Gasteiger partial charge in [-0.25, -0.2) is 0 Å². The highest BCUT2D eigenvalue weighted by Gasteiger charge is 2.22.